The zero-order valence-corrected chi connectivity index (χ0v) is 9.26. The van der Waals surface area contributed by atoms with Gasteiger partial charge in [-0.1, -0.05) is 0 Å². The van der Waals surface area contributed by atoms with Crippen molar-refractivity contribution >= 4 is 23.4 Å². The molecule has 1 fully saturated rings. The Hall–Kier alpha value is 0.600. The Labute approximate surface area is 84.6 Å². The highest BCUT2D eigenvalue weighted by Gasteiger charge is 2.21. The highest BCUT2D eigenvalue weighted by atomic mass is 35.5. The summed E-state index contributed by atoms with van der Waals surface area (Å²) in [5.41, 5.74) is 0. The highest BCUT2D eigenvalue weighted by Crippen LogP contribution is 2.28. The number of nitrogens with one attached hydrogen (secondary N) is 1. The van der Waals surface area contributed by atoms with Crippen LogP contribution in [-0.2, 0) is 0 Å². The van der Waals surface area contributed by atoms with E-state index in [1.165, 1.54) is 31.6 Å². The lowest BCUT2D eigenvalue weighted by Gasteiger charge is -2.09. The zero-order chi connectivity index (χ0) is 8.81. The van der Waals surface area contributed by atoms with E-state index in [1.54, 1.807) is 0 Å². The van der Waals surface area contributed by atoms with Crippen molar-refractivity contribution < 1.29 is 0 Å². The molecule has 1 N–H and O–H groups in total. The number of alkyl halides is 1. The molecule has 0 aromatic heterocycles. The van der Waals surface area contributed by atoms with Crippen molar-refractivity contribution in [1.82, 2.24) is 5.32 Å². The van der Waals surface area contributed by atoms with E-state index in [0.717, 1.165) is 12.5 Å². The van der Waals surface area contributed by atoms with Gasteiger partial charge in [0.1, 0.15) is 0 Å². The average Bonchev–Trinajstić information content (AvgIpc) is 2.45. The average molecular weight is 208 g/mol. The third-order valence-electron chi connectivity index (χ3n) is 2.39. The summed E-state index contributed by atoms with van der Waals surface area (Å²) in [6.45, 7) is 2.31. The molecular formula is C9H18ClNS. The Kier molecular flexibility index (Phi) is 5.44. The molecule has 0 radical (unpaired) electrons. The van der Waals surface area contributed by atoms with Crippen molar-refractivity contribution in [2.45, 2.75) is 24.6 Å². The van der Waals surface area contributed by atoms with Crippen LogP contribution in [0, 0.1) is 5.92 Å². The van der Waals surface area contributed by atoms with Gasteiger partial charge in [-0.2, -0.15) is 11.8 Å². The van der Waals surface area contributed by atoms with E-state index in [9.17, 15) is 0 Å². The van der Waals surface area contributed by atoms with E-state index >= 15 is 0 Å². The second-order valence-corrected chi connectivity index (χ2v) is 5.08. The molecule has 0 spiro atoms. The third kappa shape index (κ3) is 4.01. The van der Waals surface area contributed by atoms with Crippen molar-refractivity contribution in [2.24, 2.45) is 5.92 Å². The quantitative estimate of drug-likeness (QED) is 0.549. The fourth-order valence-corrected chi connectivity index (χ4v) is 2.41. The van der Waals surface area contributed by atoms with Gasteiger partial charge in [0, 0.05) is 17.7 Å². The molecule has 0 aromatic rings. The normalized spacial score (nSPS) is 29.5. The number of rotatable bonds is 5. The Morgan fingerprint density at radius 2 is 2.33 bits per heavy atom. The molecule has 3 heteroatoms. The summed E-state index contributed by atoms with van der Waals surface area (Å²) in [7, 11) is 0. The molecule has 12 heavy (non-hydrogen) atoms. The van der Waals surface area contributed by atoms with Gasteiger partial charge in [-0.15, -0.1) is 11.6 Å². The molecule has 1 rings (SSSR count). The summed E-state index contributed by atoms with van der Waals surface area (Å²) < 4.78 is 0. The fourth-order valence-electron chi connectivity index (χ4n) is 1.68. The van der Waals surface area contributed by atoms with Crippen LogP contribution in [0.2, 0.25) is 0 Å². The van der Waals surface area contributed by atoms with E-state index in [-0.39, 0.29) is 0 Å². The van der Waals surface area contributed by atoms with Gasteiger partial charge >= 0.3 is 0 Å². The first-order chi connectivity index (χ1) is 5.83. The summed E-state index contributed by atoms with van der Waals surface area (Å²) >= 11 is 7.91. The summed E-state index contributed by atoms with van der Waals surface area (Å²) in [5, 5.41) is 3.93. The molecule has 0 amide bonds. The van der Waals surface area contributed by atoms with E-state index < -0.39 is 0 Å². The van der Waals surface area contributed by atoms with Crippen LogP contribution >= 0.6 is 23.4 Å². The SMILES string of the molecule is CSCCNCC1CCC(Cl)C1. The van der Waals surface area contributed by atoms with Crippen LogP contribution < -0.4 is 5.32 Å². The minimum Gasteiger partial charge on any atom is -0.316 e. The number of hydrogen-bond donors (Lipinski definition) is 1. The number of halogens is 1. The van der Waals surface area contributed by atoms with E-state index in [1.807, 2.05) is 11.8 Å². The van der Waals surface area contributed by atoms with Crippen LogP contribution in [0.25, 0.3) is 0 Å². The molecule has 2 atom stereocenters. The minimum absolute atomic E-state index is 0.456. The molecular weight excluding hydrogens is 190 g/mol. The van der Waals surface area contributed by atoms with E-state index in [4.69, 9.17) is 11.6 Å². The Morgan fingerprint density at radius 3 is 2.92 bits per heavy atom. The molecule has 0 heterocycles. The summed E-state index contributed by atoms with van der Waals surface area (Å²) in [6, 6.07) is 0. The van der Waals surface area contributed by atoms with Crippen LogP contribution in [0.5, 0.6) is 0 Å². The second kappa shape index (κ2) is 6.11. The first-order valence-corrected chi connectivity index (χ1v) is 6.49. The van der Waals surface area contributed by atoms with Crippen LogP contribution in [0.15, 0.2) is 0 Å². The van der Waals surface area contributed by atoms with Gasteiger partial charge in [0.25, 0.3) is 0 Å². The van der Waals surface area contributed by atoms with Gasteiger partial charge in [-0.3, -0.25) is 0 Å². The zero-order valence-electron chi connectivity index (χ0n) is 7.68. The smallest absolute Gasteiger partial charge is 0.0339 e. The second-order valence-electron chi connectivity index (χ2n) is 3.47. The Balaban J connectivity index is 1.93. The number of thioether (sulfide) groups is 1. The fraction of sp³-hybridized carbons (Fsp3) is 1.00. The lowest BCUT2D eigenvalue weighted by Crippen LogP contribution is -2.23. The van der Waals surface area contributed by atoms with E-state index in [0.29, 0.717) is 5.38 Å². The number of hydrogen-bond acceptors (Lipinski definition) is 2. The van der Waals surface area contributed by atoms with Crippen LogP contribution in [-0.4, -0.2) is 30.5 Å². The maximum atomic E-state index is 6.02. The monoisotopic (exact) mass is 207 g/mol. The van der Waals surface area contributed by atoms with Gasteiger partial charge in [0.2, 0.25) is 0 Å². The first-order valence-electron chi connectivity index (χ1n) is 4.66. The summed E-state index contributed by atoms with van der Waals surface area (Å²) in [5.74, 6) is 2.06. The van der Waals surface area contributed by atoms with Crippen molar-refractivity contribution in [3.63, 3.8) is 0 Å². The molecule has 1 aliphatic rings. The van der Waals surface area contributed by atoms with E-state index in [2.05, 4.69) is 11.6 Å². The molecule has 72 valence electrons. The molecule has 2 unspecified atom stereocenters. The van der Waals surface area contributed by atoms with Crippen LogP contribution in [0.3, 0.4) is 0 Å². The lowest BCUT2D eigenvalue weighted by atomic mass is 10.1. The molecule has 1 saturated carbocycles. The van der Waals surface area contributed by atoms with Gasteiger partial charge in [0.05, 0.1) is 0 Å². The van der Waals surface area contributed by atoms with Gasteiger partial charge in [-0.05, 0) is 38.0 Å². The van der Waals surface area contributed by atoms with Crippen molar-refractivity contribution in [2.75, 3.05) is 25.1 Å². The van der Waals surface area contributed by atoms with Gasteiger partial charge in [-0.25, -0.2) is 0 Å². The van der Waals surface area contributed by atoms with Crippen molar-refractivity contribution in [3.05, 3.63) is 0 Å². The molecule has 0 aliphatic heterocycles. The molecule has 0 aromatic carbocycles. The standard InChI is InChI=1S/C9H18ClNS/c1-12-5-4-11-7-8-2-3-9(10)6-8/h8-9,11H,2-7H2,1H3. The Bertz CT molecular complexity index is 121. The predicted molar refractivity (Wildman–Crippen MR) is 58.2 cm³/mol. The van der Waals surface area contributed by atoms with Gasteiger partial charge < -0.3 is 5.32 Å². The molecule has 0 bridgehead atoms. The van der Waals surface area contributed by atoms with Gasteiger partial charge in [0.15, 0.2) is 0 Å². The maximum absolute atomic E-state index is 6.02. The predicted octanol–water partition coefficient (Wildman–Crippen LogP) is 2.35. The third-order valence-corrected chi connectivity index (χ3v) is 3.40. The van der Waals surface area contributed by atoms with Crippen molar-refractivity contribution in [1.29, 1.82) is 0 Å². The summed E-state index contributed by atoms with van der Waals surface area (Å²) in [4.78, 5) is 0. The molecule has 0 saturated heterocycles. The topological polar surface area (TPSA) is 12.0 Å². The summed E-state index contributed by atoms with van der Waals surface area (Å²) in [6.07, 6.45) is 5.90. The highest BCUT2D eigenvalue weighted by molar-refractivity contribution is 7.98. The van der Waals surface area contributed by atoms with Crippen LogP contribution in [0.4, 0.5) is 0 Å². The molecule has 1 aliphatic carbocycles. The minimum atomic E-state index is 0.456. The maximum Gasteiger partial charge on any atom is 0.0339 e. The van der Waals surface area contributed by atoms with Crippen LogP contribution in [0.1, 0.15) is 19.3 Å². The molecule has 1 nitrogen and oxygen atoms in total. The lowest BCUT2D eigenvalue weighted by molar-refractivity contribution is 0.500. The largest absolute Gasteiger partial charge is 0.316 e. The Morgan fingerprint density at radius 1 is 1.50 bits per heavy atom. The van der Waals surface area contributed by atoms with Crippen molar-refractivity contribution in [3.8, 4) is 0 Å². The first kappa shape index (κ1) is 10.7.